The minimum absolute atomic E-state index is 0.129. The molecule has 23 heavy (non-hydrogen) atoms. The normalized spacial score (nSPS) is 11.0. The first kappa shape index (κ1) is 15.5. The molecule has 4 heteroatoms. The number of ether oxygens (including phenoxy) is 1. The Morgan fingerprint density at radius 3 is 2.35 bits per heavy atom. The number of aromatic nitrogens is 1. The summed E-state index contributed by atoms with van der Waals surface area (Å²) in [5.41, 5.74) is 4.33. The molecule has 2 aromatic carbocycles. The van der Waals surface area contributed by atoms with Crippen molar-refractivity contribution in [2.45, 2.75) is 27.1 Å². The van der Waals surface area contributed by atoms with E-state index in [2.05, 4.69) is 11.1 Å². The molecule has 0 bridgehead atoms. The number of benzene rings is 2. The van der Waals surface area contributed by atoms with E-state index in [1.165, 1.54) is 5.56 Å². The molecule has 0 aliphatic heterocycles. The third-order valence-electron chi connectivity index (χ3n) is 3.91. The van der Waals surface area contributed by atoms with Crippen LogP contribution in [0.15, 0.2) is 42.6 Å². The average molecular weight is 309 g/mol. The summed E-state index contributed by atoms with van der Waals surface area (Å²) in [7, 11) is 0. The fourth-order valence-corrected chi connectivity index (χ4v) is 2.67. The molecule has 2 N–H and O–H groups in total. The SMILES string of the molecule is Cc1ccc(Oc2ccnc3cc(CO)c(CO)cc23)c(C)c1. The van der Waals surface area contributed by atoms with E-state index in [-0.39, 0.29) is 13.2 Å². The molecule has 1 aromatic heterocycles. The largest absolute Gasteiger partial charge is 0.456 e. The second-order valence-corrected chi connectivity index (χ2v) is 5.63. The molecule has 118 valence electrons. The number of aliphatic hydroxyl groups is 2. The Bertz CT molecular complexity index is 859. The van der Waals surface area contributed by atoms with Crippen LogP contribution in [0.25, 0.3) is 10.9 Å². The van der Waals surface area contributed by atoms with Gasteiger partial charge in [0.25, 0.3) is 0 Å². The van der Waals surface area contributed by atoms with Gasteiger partial charge in [-0.2, -0.15) is 0 Å². The van der Waals surface area contributed by atoms with E-state index >= 15 is 0 Å². The van der Waals surface area contributed by atoms with Gasteiger partial charge in [-0.25, -0.2) is 0 Å². The van der Waals surface area contributed by atoms with Crippen LogP contribution in [0.2, 0.25) is 0 Å². The van der Waals surface area contributed by atoms with Gasteiger partial charge in [0.05, 0.1) is 18.7 Å². The number of pyridine rings is 1. The molecule has 4 nitrogen and oxygen atoms in total. The lowest BCUT2D eigenvalue weighted by molar-refractivity contribution is 0.260. The van der Waals surface area contributed by atoms with E-state index in [4.69, 9.17) is 4.74 Å². The number of hydrogen-bond donors (Lipinski definition) is 2. The first-order valence-corrected chi connectivity index (χ1v) is 7.49. The molecular formula is C19H19NO3. The second kappa shape index (κ2) is 6.36. The molecular weight excluding hydrogens is 290 g/mol. The van der Waals surface area contributed by atoms with E-state index in [9.17, 15) is 10.2 Å². The Labute approximate surface area is 135 Å². The molecule has 0 aliphatic rings. The zero-order chi connectivity index (χ0) is 16.4. The number of nitrogens with zero attached hydrogens (tertiary/aromatic N) is 1. The average Bonchev–Trinajstić information content (AvgIpc) is 2.56. The van der Waals surface area contributed by atoms with Gasteiger partial charge < -0.3 is 14.9 Å². The highest BCUT2D eigenvalue weighted by atomic mass is 16.5. The van der Waals surface area contributed by atoms with Crippen LogP contribution in [0.1, 0.15) is 22.3 Å². The number of aryl methyl sites for hydroxylation is 2. The van der Waals surface area contributed by atoms with Gasteiger partial charge in [-0.1, -0.05) is 17.7 Å². The van der Waals surface area contributed by atoms with Crippen molar-refractivity contribution in [1.82, 2.24) is 4.98 Å². The lowest BCUT2D eigenvalue weighted by Gasteiger charge is -2.13. The van der Waals surface area contributed by atoms with Crippen molar-refractivity contribution in [1.29, 1.82) is 0 Å². The summed E-state index contributed by atoms with van der Waals surface area (Å²) in [6, 6.07) is 11.5. The molecule has 0 spiro atoms. The molecule has 0 fully saturated rings. The van der Waals surface area contributed by atoms with Gasteiger partial charge in [0, 0.05) is 11.6 Å². The summed E-state index contributed by atoms with van der Waals surface area (Å²) >= 11 is 0. The summed E-state index contributed by atoms with van der Waals surface area (Å²) in [6.07, 6.45) is 1.68. The highest BCUT2D eigenvalue weighted by molar-refractivity contribution is 5.86. The van der Waals surface area contributed by atoms with Crippen LogP contribution >= 0.6 is 0 Å². The zero-order valence-electron chi connectivity index (χ0n) is 13.2. The fraction of sp³-hybridized carbons (Fsp3) is 0.211. The van der Waals surface area contributed by atoms with Crippen LogP contribution in [0.4, 0.5) is 0 Å². The fourth-order valence-electron chi connectivity index (χ4n) is 2.67. The van der Waals surface area contributed by atoms with Crippen LogP contribution < -0.4 is 4.74 Å². The summed E-state index contributed by atoms with van der Waals surface area (Å²) < 4.78 is 6.07. The Kier molecular flexibility index (Phi) is 4.28. The van der Waals surface area contributed by atoms with Crippen molar-refractivity contribution in [2.24, 2.45) is 0 Å². The maximum absolute atomic E-state index is 9.49. The van der Waals surface area contributed by atoms with Gasteiger partial charge in [-0.3, -0.25) is 4.98 Å². The number of aliphatic hydroxyl groups excluding tert-OH is 2. The van der Waals surface area contributed by atoms with Gasteiger partial charge in [0.2, 0.25) is 0 Å². The van der Waals surface area contributed by atoms with Crippen molar-refractivity contribution in [3.63, 3.8) is 0 Å². The predicted molar refractivity (Wildman–Crippen MR) is 89.6 cm³/mol. The Hall–Kier alpha value is -2.43. The van der Waals surface area contributed by atoms with Crippen LogP contribution in [0.5, 0.6) is 11.5 Å². The maximum Gasteiger partial charge on any atom is 0.138 e. The van der Waals surface area contributed by atoms with E-state index in [1.54, 1.807) is 18.3 Å². The molecule has 0 saturated heterocycles. The second-order valence-electron chi connectivity index (χ2n) is 5.63. The predicted octanol–water partition coefficient (Wildman–Crippen LogP) is 3.63. The lowest BCUT2D eigenvalue weighted by Crippen LogP contribution is -1.97. The Morgan fingerprint density at radius 2 is 1.65 bits per heavy atom. The number of rotatable bonds is 4. The van der Waals surface area contributed by atoms with Crippen molar-refractivity contribution < 1.29 is 14.9 Å². The molecule has 1 heterocycles. The van der Waals surface area contributed by atoms with Crippen molar-refractivity contribution in [2.75, 3.05) is 0 Å². The minimum Gasteiger partial charge on any atom is -0.456 e. The number of fused-ring (bicyclic) bond motifs is 1. The van der Waals surface area contributed by atoms with E-state index in [1.807, 2.05) is 32.0 Å². The molecule has 3 aromatic rings. The standard InChI is InChI=1S/C19H19NO3/c1-12-3-4-18(13(2)7-12)23-19-5-6-20-17-9-15(11-22)14(10-21)8-16(17)19/h3-9,21-22H,10-11H2,1-2H3. The highest BCUT2D eigenvalue weighted by Gasteiger charge is 2.10. The Balaban J connectivity index is 2.10. The summed E-state index contributed by atoms with van der Waals surface area (Å²) in [5.74, 6) is 1.47. The Morgan fingerprint density at radius 1 is 0.913 bits per heavy atom. The summed E-state index contributed by atoms with van der Waals surface area (Å²) in [5, 5.41) is 19.7. The molecule has 0 radical (unpaired) electrons. The first-order valence-electron chi connectivity index (χ1n) is 7.49. The van der Waals surface area contributed by atoms with Crippen LogP contribution in [0.3, 0.4) is 0 Å². The molecule has 0 amide bonds. The van der Waals surface area contributed by atoms with Crippen molar-refractivity contribution in [3.05, 3.63) is 64.8 Å². The summed E-state index contributed by atoms with van der Waals surface area (Å²) in [6.45, 7) is 3.79. The molecule has 0 aliphatic carbocycles. The van der Waals surface area contributed by atoms with Crippen molar-refractivity contribution >= 4 is 10.9 Å². The first-order chi connectivity index (χ1) is 11.1. The molecule has 0 unspecified atom stereocenters. The molecule has 0 saturated carbocycles. The van der Waals surface area contributed by atoms with Gasteiger partial charge in [0.1, 0.15) is 11.5 Å². The van der Waals surface area contributed by atoms with E-state index in [0.717, 1.165) is 22.2 Å². The topological polar surface area (TPSA) is 62.6 Å². The van der Waals surface area contributed by atoms with E-state index in [0.29, 0.717) is 16.9 Å². The highest BCUT2D eigenvalue weighted by Crippen LogP contribution is 2.32. The third kappa shape index (κ3) is 3.04. The molecule has 0 atom stereocenters. The van der Waals surface area contributed by atoms with Gasteiger partial charge in [-0.15, -0.1) is 0 Å². The summed E-state index contributed by atoms with van der Waals surface area (Å²) in [4.78, 5) is 4.33. The maximum atomic E-state index is 9.49. The lowest BCUT2D eigenvalue weighted by atomic mass is 10.0. The van der Waals surface area contributed by atoms with Gasteiger partial charge in [0.15, 0.2) is 0 Å². The quantitative estimate of drug-likeness (QED) is 0.772. The van der Waals surface area contributed by atoms with Gasteiger partial charge >= 0.3 is 0 Å². The van der Waals surface area contributed by atoms with Crippen LogP contribution in [-0.2, 0) is 13.2 Å². The number of hydrogen-bond acceptors (Lipinski definition) is 4. The van der Waals surface area contributed by atoms with Crippen LogP contribution in [-0.4, -0.2) is 15.2 Å². The van der Waals surface area contributed by atoms with E-state index < -0.39 is 0 Å². The zero-order valence-corrected chi connectivity index (χ0v) is 13.2. The smallest absolute Gasteiger partial charge is 0.138 e. The van der Waals surface area contributed by atoms with Gasteiger partial charge in [-0.05, 0) is 54.8 Å². The minimum atomic E-state index is -0.135. The third-order valence-corrected chi connectivity index (χ3v) is 3.91. The van der Waals surface area contributed by atoms with Crippen molar-refractivity contribution in [3.8, 4) is 11.5 Å². The van der Waals surface area contributed by atoms with Crippen LogP contribution in [0, 0.1) is 13.8 Å². The monoisotopic (exact) mass is 309 g/mol. The molecule has 3 rings (SSSR count).